The molecule has 7 rings (SSSR count). The SMILES string of the molecule is CC.Cc1nn(C(C)(C)C)c2nc(N(CC3CC3)CC3CC3)c(CN(Cc3cc(C(F)(F)F)cc(C(F)(F)F)c3)c3ccc(C4CC4)cn3)cc12. The summed E-state index contributed by atoms with van der Waals surface area (Å²) < 4.78 is 85.3. The van der Waals surface area contributed by atoms with Gasteiger partial charge in [0.15, 0.2) is 5.65 Å². The second-order valence-electron chi connectivity index (χ2n) is 15.3. The van der Waals surface area contributed by atoms with E-state index in [-0.39, 0.29) is 30.3 Å². The molecule has 51 heavy (non-hydrogen) atoms. The van der Waals surface area contributed by atoms with Crippen LogP contribution in [0.4, 0.5) is 38.0 Å². The number of rotatable bonds is 11. The van der Waals surface area contributed by atoms with Crippen LogP contribution in [0.3, 0.4) is 0 Å². The molecule has 0 spiro atoms. The largest absolute Gasteiger partial charge is 0.416 e. The zero-order valence-corrected chi connectivity index (χ0v) is 30.3. The predicted molar refractivity (Wildman–Crippen MR) is 189 cm³/mol. The third-order valence-electron chi connectivity index (χ3n) is 9.71. The highest BCUT2D eigenvalue weighted by molar-refractivity contribution is 5.82. The van der Waals surface area contributed by atoms with Crippen molar-refractivity contribution >= 4 is 22.7 Å². The first kappa shape index (κ1) is 36.9. The number of halogens is 6. The van der Waals surface area contributed by atoms with Crippen LogP contribution in [0.25, 0.3) is 11.0 Å². The maximum absolute atomic E-state index is 13.9. The highest BCUT2D eigenvalue weighted by Gasteiger charge is 2.38. The van der Waals surface area contributed by atoms with Crippen molar-refractivity contribution in [2.45, 2.75) is 117 Å². The molecule has 3 saturated carbocycles. The molecule has 276 valence electrons. The molecule has 3 aromatic heterocycles. The minimum atomic E-state index is -4.94. The quantitative estimate of drug-likeness (QED) is 0.145. The summed E-state index contributed by atoms with van der Waals surface area (Å²) in [6, 6.07) is 7.66. The van der Waals surface area contributed by atoms with Crippen molar-refractivity contribution in [2.24, 2.45) is 11.8 Å². The Kier molecular flexibility index (Phi) is 10.1. The second-order valence-corrected chi connectivity index (χ2v) is 15.3. The Bertz CT molecular complexity index is 1780. The number of hydrogen-bond donors (Lipinski definition) is 0. The fourth-order valence-electron chi connectivity index (χ4n) is 6.54. The molecule has 6 nitrogen and oxygen atoms in total. The monoisotopic (exact) mass is 714 g/mol. The number of nitrogens with zero attached hydrogens (tertiary/aromatic N) is 6. The summed E-state index contributed by atoms with van der Waals surface area (Å²) in [6.07, 6.45) is -1.35. The van der Waals surface area contributed by atoms with Gasteiger partial charge < -0.3 is 9.80 Å². The van der Waals surface area contributed by atoms with Gasteiger partial charge in [-0.05, 0) is 125 Å². The molecule has 0 bridgehead atoms. The van der Waals surface area contributed by atoms with Crippen LogP contribution in [0.15, 0.2) is 42.6 Å². The van der Waals surface area contributed by atoms with E-state index >= 15 is 0 Å². The van der Waals surface area contributed by atoms with Gasteiger partial charge in [-0.1, -0.05) is 19.9 Å². The minimum absolute atomic E-state index is 0.102. The molecule has 3 fully saturated rings. The molecule has 0 N–H and O–H groups in total. The number of hydrogen-bond acceptors (Lipinski definition) is 5. The lowest BCUT2D eigenvalue weighted by atomic mass is 10.0. The van der Waals surface area contributed by atoms with Gasteiger partial charge in [0.2, 0.25) is 0 Å². The van der Waals surface area contributed by atoms with Gasteiger partial charge in [-0.25, -0.2) is 14.6 Å². The van der Waals surface area contributed by atoms with Crippen molar-refractivity contribution < 1.29 is 26.3 Å². The van der Waals surface area contributed by atoms with Gasteiger partial charge in [0.1, 0.15) is 11.6 Å². The second kappa shape index (κ2) is 14.0. The van der Waals surface area contributed by atoms with Crippen molar-refractivity contribution in [3.63, 3.8) is 0 Å². The summed E-state index contributed by atoms with van der Waals surface area (Å²) in [5.74, 6) is 2.83. The predicted octanol–water partition coefficient (Wildman–Crippen LogP) is 10.7. The van der Waals surface area contributed by atoms with E-state index < -0.39 is 23.5 Å². The number of alkyl halides is 6. The van der Waals surface area contributed by atoms with Gasteiger partial charge in [0.25, 0.3) is 0 Å². The highest BCUT2D eigenvalue weighted by atomic mass is 19.4. The van der Waals surface area contributed by atoms with Crippen LogP contribution in [-0.4, -0.2) is 32.8 Å². The van der Waals surface area contributed by atoms with E-state index in [1.807, 2.05) is 37.6 Å². The molecule has 0 aliphatic heterocycles. The number of pyridine rings is 2. The number of aryl methyl sites for hydroxylation is 1. The van der Waals surface area contributed by atoms with Gasteiger partial charge >= 0.3 is 12.4 Å². The fraction of sp³-hybridized carbons (Fsp3) is 0.564. The molecule has 3 heterocycles. The van der Waals surface area contributed by atoms with Crippen LogP contribution in [0.5, 0.6) is 0 Å². The van der Waals surface area contributed by atoms with E-state index in [1.54, 1.807) is 11.1 Å². The molecular formula is C39H48F6N6. The average molecular weight is 715 g/mol. The van der Waals surface area contributed by atoms with E-state index in [1.165, 1.54) is 0 Å². The van der Waals surface area contributed by atoms with Crippen molar-refractivity contribution in [3.8, 4) is 0 Å². The first-order valence-corrected chi connectivity index (χ1v) is 18.2. The Morgan fingerprint density at radius 1 is 0.765 bits per heavy atom. The lowest BCUT2D eigenvalue weighted by molar-refractivity contribution is -0.143. The molecule has 0 atom stereocenters. The molecule has 3 aliphatic carbocycles. The summed E-state index contributed by atoms with van der Waals surface area (Å²) in [5.41, 5.74) is 0.369. The summed E-state index contributed by atoms with van der Waals surface area (Å²) in [6.45, 7) is 13.8. The molecule has 4 aromatic rings. The molecule has 12 heteroatoms. The summed E-state index contributed by atoms with van der Waals surface area (Å²) >= 11 is 0. The Morgan fingerprint density at radius 3 is 1.82 bits per heavy atom. The Hall–Kier alpha value is -3.83. The first-order chi connectivity index (χ1) is 24.0. The number of fused-ring (bicyclic) bond motifs is 1. The van der Waals surface area contributed by atoms with Gasteiger partial charge in [0, 0.05) is 43.3 Å². The van der Waals surface area contributed by atoms with Crippen molar-refractivity contribution in [1.82, 2.24) is 19.7 Å². The van der Waals surface area contributed by atoms with Crippen LogP contribution >= 0.6 is 0 Å². The van der Waals surface area contributed by atoms with E-state index in [0.29, 0.717) is 23.6 Å². The van der Waals surface area contributed by atoms with Gasteiger partial charge in [-0.3, -0.25) is 0 Å². The zero-order valence-electron chi connectivity index (χ0n) is 30.3. The Morgan fingerprint density at radius 2 is 1.35 bits per heavy atom. The molecule has 3 aliphatic rings. The van der Waals surface area contributed by atoms with Crippen LogP contribution < -0.4 is 9.80 Å². The summed E-state index contributed by atoms with van der Waals surface area (Å²) in [4.78, 5) is 14.1. The lowest BCUT2D eigenvalue weighted by Crippen LogP contribution is -2.32. The number of anilines is 2. The maximum atomic E-state index is 13.9. The van der Waals surface area contributed by atoms with E-state index in [0.717, 1.165) is 97.4 Å². The summed E-state index contributed by atoms with van der Waals surface area (Å²) in [7, 11) is 0. The Labute approximate surface area is 296 Å². The van der Waals surface area contributed by atoms with Crippen LogP contribution in [-0.2, 0) is 31.0 Å². The van der Waals surface area contributed by atoms with E-state index in [9.17, 15) is 26.3 Å². The third-order valence-corrected chi connectivity index (χ3v) is 9.71. The average Bonchev–Trinajstić information content (AvgIpc) is 3.93. The van der Waals surface area contributed by atoms with Crippen LogP contribution in [0.1, 0.15) is 113 Å². The smallest absolute Gasteiger partial charge is 0.356 e. The zero-order chi connectivity index (χ0) is 36.9. The minimum Gasteiger partial charge on any atom is -0.356 e. The molecule has 0 unspecified atom stereocenters. The molecular weight excluding hydrogens is 666 g/mol. The lowest BCUT2D eigenvalue weighted by Gasteiger charge is -2.30. The Balaban J connectivity index is 0.00000220. The van der Waals surface area contributed by atoms with Gasteiger partial charge in [-0.2, -0.15) is 31.4 Å². The van der Waals surface area contributed by atoms with Gasteiger partial charge in [-0.15, -0.1) is 0 Å². The number of benzene rings is 1. The van der Waals surface area contributed by atoms with Gasteiger partial charge in [0.05, 0.1) is 22.4 Å². The highest BCUT2D eigenvalue weighted by Crippen LogP contribution is 2.42. The standard InChI is InChI=1S/C37H42F6N6.C2H6/c1-22-31-15-28(33(45-34(31)49(46-22)35(2,3)4)48(18-23-5-6-23)19-24-7-8-24)21-47(32-12-11-27(17-44-32)26-9-10-26)20-25-13-29(36(38,39)40)16-30(14-25)37(41,42)43;1-2/h11-17,23-24,26H,5-10,18-21H2,1-4H3;1-2H3. The number of aromatic nitrogens is 4. The summed E-state index contributed by atoms with van der Waals surface area (Å²) in [5, 5.41) is 5.71. The third kappa shape index (κ3) is 8.80. The van der Waals surface area contributed by atoms with E-state index in [4.69, 9.17) is 15.1 Å². The van der Waals surface area contributed by atoms with Crippen molar-refractivity contribution in [1.29, 1.82) is 0 Å². The van der Waals surface area contributed by atoms with Crippen LogP contribution in [0.2, 0.25) is 0 Å². The van der Waals surface area contributed by atoms with Crippen molar-refractivity contribution in [2.75, 3.05) is 22.9 Å². The molecule has 0 saturated heterocycles. The van der Waals surface area contributed by atoms with E-state index in [2.05, 4.69) is 31.7 Å². The topological polar surface area (TPSA) is 50.1 Å². The van der Waals surface area contributed by atoms with Crippen LogP contribution in [0, 0.1) is 18.8 Å². The molecule has 0 radical (unpaired) electrons. The normalized spacial score (nSPS) is 16.6. The van der Waals surface area contributed by atoms with Crippen molar-refractivity contribution in [3.05, 3.63) is 76.1 Å². The fourth-order valence-corrected chi connectivity index (χ4v) is 6.54. The molecule has 0 amide bonds. The first-order valence-electron chi connectivity index (χ1n) is 18.2. The molecule has 1 aromatic carbocycles. The maximum Gasteiger partial charge on any atom is 0.416 e.